The number of carbonyl (C=O) groups excluding carboxylic acids is 2. The summed E-state index contributed by atoms with van der Waals surface area (Å²) in [6.45, 7) is 3.95. The fourth-order valence-corrected chi connectivity index (χ4v) is 3.48. The number of hydrogen-bond acceptors (Lipinski definition) is 5. The first-order valence-corrected chi connectivity index (χ1v) is 9.66. The number of nitro groups is 1. The largest absolute Gasteiger partial charge is 0.463 e. The van der Waals surface area contributed by atoms with E-state index in [4.69, 9.17) is 4.74 Å². The molecule has 3 rings (SSSR count). The van der Waals surface area contributed by atoms with Crippen molar-refractivity contribution in [2.45, 2.75) is 26.3 Å². The number of esters is 1. The number of nitro benzene ring substituents is 1. The standard InChI is InChI=1S/C22H23N3O5/c1-3-30-21(26)19-15(2)24(13-12-16-8-5-4-6-9-16)22(27)23-20(19)17-10-7-11-18(14-17)25(28)29/h4-11,14,20H,3,12-13H2,1-2H3,(H,23,27). The van der Waals surface area contributed by atoms with Crippen molar-refractivity contribution in [1.82, 2.24) is 10.2 Å². The molecule has 1 N–H and O–H groups in total. The van der Waals surface area contributed by atoms with Crippen LogP contribution in [0.2, 0.25) is 0 Å². The van der Waals surface area contributed by atoms with E-state index in [0.717, 1.165) is 5.56 Å². The molecular weight excluding hydrogens is 386 g/mol. The van der Waals surface area contributed by atoms with Crippen LogP contribution in [0.5, 0.6) is 0 Å². The van der Waals surface area contributed by atoms with Crippen LogP contribution in [0, 0.1) is 10.1 Å². The van der Waals surface area contributed by atoms with Crippen LogP contribution < -0.4 is 5.32 Å². The second-order valence-corrected chi connectivity index (χ2v) is 6.84. The molecule has 1 heterocycles. The highest BCUT2D eigenvalue weighted by Gasteiger charge is 2.36. The maximum absolute atomic E-state index is 12.8. The van der Waals surface area contributed by atoms with E-state index >= 15 is 0 Å². The highest BCUT2D eigenvalue weighted by molar-refractivity contribution is 5.95. The summed E-state index contributed by atoms with van der Waals surface area (Å²) in [5, 5.41) is 14.0. The van der Waals surface area contributed by atoms with Crippen LogP contribution in [0.15, 0.2) is 65.9 Å². The van der Waals surface area contributed by atoms with E-state index in [1.54, 1.807) is 19.9 Å². The van der Waals surface area contributed by atoms with E-state index in [-0.39, 0.29) is 23.9 Å². The van der Waals surface area contributed by atoms with Crippen LogP contribution >= 0.6 is 0 Å². The Balaban J connectivity index is 1.97. The van der Waals surface area contributed by atoms with Crippen LogP contribution in [0.25, 0.3) is 0 Å². The lowest BCUT2D eigenvalue weighted by molar-refractivity contribution is -0.384. The van der Waals surface area contributed by atoms with Crippen LogP contribution in [-0.4, -0.2) is 35.0 Å². The Morgan fingerprint density at radius 3 is 2.60 bits per heavy atom. The summed E-state index contributed by atoms with van der Waals surface area (Å²) in [6, 6.07) is 14.4. The van der Waals surface area contributed by atoms with Gasteiger partial charge in [0.05, 0.1) is 23.1 Å². The summed E-state index contributed by atoms with van der Waals surface area (Å²) in [4.78, 5) is 37.7. The van der Waals surface area contributed by atoms with Crippen LogP contribution in [0.1, 0.15) is 31.0 Å². The second kappa shape index (κ2) is 9.21. The summed E-state index contributed by atoms with van der Waals surface area (Å²) in [5.74, 6) is -0.559. The van der Waals surface area contributed by atoms with Crippen molar-refractivity contribution in [2.24, 2.45) is 0 Å². The van der Waals surface area contributed by atoms with Gasteiger partial charge in [-0.1, -0.05) is 42.5 Å². The van der Waals surface area contributed by atoms with E-state index in [2.05, 4.69) is 5.32 Å². The molecule has 1 aliphatic rings. The number of nitrogens with one attached hydrogen (secondary N) is 1. The van der Waals surface area contributed by atoms with Gasteiger partial charge in [0.1, 0.15) is 0 Å². The molecule has 8 heteroatoms. The molecule has 30 heavy (non-hydrogen) atoms. The lowest BCUT2D eigenvalue weighted by atomic mass is 9.94. The first kappa shape index (κ1) is 21.0. The lowest BCUT2D eigenvalue weighted by Gasteiger charge is -2.35. The quantitative estimate of drug-likeness (QED) is 0.426. The molecule has 1 aliphatic heterocycles. The zero-order chi connectivity index (χ0) is 21.7. The molecular formula is C22H23N3O5. The molecule has 2 amide bonds. The number of hydrogen-bond donors (Lipinski definition) is 1. The van der Waals surface area contributed by atoms with Gasteiger partial charge in [0, 0.05) is 24.4 Å². The van der Waals surface area contributed by atoms with Crippen molar-refractivity contribution >= 4 is 17.7 Å². The van der Waals surface area contributed by atoms with Crippen LogP contribution in [-0.2, 0) is 16.0 Å². The second-order valence-electron chi connectivity index (χ2n) is 6.84. The Labute approximate surface area is 174 Å². The molecule has 1 unspecified atom stereocenters. The third-order valence-electron chi connectivity index (χ3n) is 4.97. The summed E-state index contributed by atoms with van der Waals surface area (Å²) in [6.07, 6.45) is 0.614. The Morgan fingerprint density at radius 1 is 1.20 bits per heavy atom. The summed E-state index contributed by atoms with van der Waals surface area (Å²) >= 11 is 0. The maximum Gasteiger partial charge on any atom is 0.338 e. The maximum atomic E-state index is 12.8. The molecule has 1 atom stereocenters. The number of carbonyl (C=O) groups is 2. The molecule has 0 aromatic heterocycles. The molecule has 0 spiro atoms. The van der Waals surface area contributed by atoms with Gasteiger partial charge in [-0.2, -0.15) is 0 Å². The topological polar surface area (TPSA) is 102 Å². The van der Waals surface area contributed by atoms with E-state index in [9.17, 15) is 19.7 Å². The Morgan fingerprint density at radius 2 is 1.93 bits per heavy atom. The highest BCUT2D eigenvalue weighted by atomic mass is 16.6. The van der Waals surface area contributed by atoms with Crippen molar-refractivity contribution in [3.8, 4) is 0 Å². The average Bonchev–Trinajstić information content (AvgIpc) is 2.74. The predicted octanol–water partition coefficient (Wildman–Crippen LogP) is 3.74. The molecule has 0 bridgehead atoms. The minimum Gasteiger partial charge on any atom is -0.463 e. The Hall–Kier alpha value is -3.68. The molecule has 0 saturated heterocycles. The number of ether oxygens (including phenoxy) is 1. The summed E-state index contributed by atoms with van der Waals surface area (Å²) in [5.41, 5.74) is 2.14. The normalized spacial score (nSPS) is 16.3. The van der Waals surface area contributed by atoms with Crippen molar-refractivity contribution in [3.05, 3.63) is 87.1 Å². The number of amides is 2. The van der Waals surface area contributed by atoms with E-state index in [1.165, 1.54) is 23.1 Å². The van der Waals surface area contributed by atoms with Crippen molar-refractivity contribution in [3.63, 3.8) is 0 Å². The average molecular weight is 409 g/mol. The van der Waals surface area contributed by atoms with Crippen molar-refractivity contribution < 1.29 is 19.2 Å². The van der Waals surface area contributed by atoms with Crippen LogP contribution in [0.4, 0.5) is 10.5 Å². The van der Waals surface area contributed by atoms with Gasteiger partial charge in [0.25, 0.3) is 5.69 Å². The SMILES string of the molecule is CCOC(=O)C1=C(C)N(CCc2ccccc2)C(=O)NC1c1cccc([N+](=O)[O-])c1. The molecule has 2 aromatic carbocycles. The van der Waals surface area contributed by atoms with Crippen molar-refractivity contribution in [2.75, 3.05) is 13.2 Å². The minimum atomic E-state index is -0.829. The van der Waals surface area contributed by atoms with Gasteiger partial charge in [0.2, 0.25) is 0 Å². The first-order chi connectivity index (χ1) is 14.4. The highest BCUT2D eigenvalue weighted by Crippen LogP contribution is 2.32. The van der Waals surface area contributed by atoms with E-state index in [1.807, 2.05) is 30.3 Å². The lowest BCUT2D eigenvalue weighted by Crippen LogP contribution is -2.48. The molecule has 0 fully saturated rings. The number of allylic oxidation sites excluding steroid dienone is 1. The zero-order valence-electron chi connectivity index (χ0n) is 16.8. The molecule has 8 nitrogen and oxygen atoms in total. The van der Waals surface area contributed by atoms with Gasteiger partial charge in [-0.25, -0.2) is 9.59 Å². The monoisotopic (exact) mass is 409 g/mol. The van der Waals surface area contributed by atoms with Gasteiger partial charge in [-0.3, -0.25) is 15.0 Å². The summed E-state index contributed by atoms with van der Waals surface area (Å²) in [7, 11) is 0. The molecule has 0 saturated carbocycles. The molecule has 156 valence electrons. The van der Waals surface area contributed by atoms with Crippen molar-refractivity contribution in [1.29, 1.82) is 0 Å². The third-order valence-corrected chi connectivity index (χ3v) is 4.97. The van der Waals surface area contributed by atoms with Gasteiger partial charge < -0.3 is 10.1 Å². The number of rotatable bonds is 7. The van der Waals surface area contributed by atoms with Gasteiger partial charge in [0.15, 0.2) is 0 Å². The van der Waals surface area contributed by atoms with Gasteiger partial charge in [-0.05, 0) is 31.4 Å². The number of nitrogens with zero attached hydrogens (tertiary/aromatic N) is 2. The smallest absolute Gasteiger partial charge is 0.338 e. The Kier molecular flexibility index (Phi) is 6.46. The first-order valence-electron chi connectivity index (χ1n) is 9.66. The number of benzene rings is 2. The van der Waals surface area contributed by atoms with E-state index < -0.39 is 16.9 Å². The summed E-state index contributed by atoms with van der Waals surface area (Å²) < 4.78 is 5.22. The minimum absolute atomic E-state index is 0.117. The fourth-order valence-electron chi connectivity index (χ4n) is 3.48. The van der Waals surface area contributed by atoms with Gasteiger partial charge >= 0.3 is 12.0 Å². The fraction of sp³-hybridized carbons (Fsp3) is 0.273. The number of non-ortho nitro benzene ring substituents is 1. The third kappa shape index (κ3) is 4.48. The molecule has 2 aromatic rings. The Bertz CT molecular complexity index is 987. The zero-order valence-corrected chi connectivity index (χ0v) is 16.8. The predicted molar refractivity (Wildman–Crippen MR) is 111 cm³/mol. The molecule has 0 radical (unpaired) electrons. The molecule has 0 aliphatic carbocycles. The van der Waals surface area contributed by atoms with Gasteiger partial charge in [-0.15, -0.1) is 0 Å². The van der Waals surface area contributed by atoms with Crippen LogP contribution in [0.3, 0.4) is 0 Å². The number of urea groups is 1. The van der Waals surface area contributed by atoms with E-state index in [0.29, 0.717) is 24.2 Å².